The second kappa shape index (κ2) is 6.16. The molecule has 1 aliphatic heterocycles. The summed E-state index contributed by atoms with van der Waals surface area (Å²) in [4.78, 5) is 24.7. The molecular formula is C21H32O4. The third kappa shape index (κ3) is 3.10. The van der Waals surface area contributed by atoms with Gasteiger partial charge < -0.3 is 9.47 Å². The highest BCUT2D eigenvalue weighted by Crippen LogP contribution is 2.65. The number of fused-ring (bicyclic) bond motifs is 1. The van der Waals surface area contributed by atoms with Crippen LogP contribution >= 0.6 is 0 Å². The fraction of sp³-hybridized carbons (Fsp3) is 0.905. The van der Waals surface area contributed by atoms with Gasteiger partial charge in [-0.05, 0) is 50.4 Å². The number of hydrogen-bond acceptors (Lipinski definition) is 4. The van der Waals surface area contributed by atoms with Crippen LogP contribution in [0.5, 0.6) is 0 Å². The number of ether oxygens (including phenoxy) is 2. The molecule has 1 saturated heterocycles. The number of carbonyl (C=O) groups is 2. The molecule has 0 bridgehead atoms. The van der Waals surface area contributed by atoms with E-state index in [-0.39, 0.29) is 23.0 Å². The summed E-state index contributed by atoms with van der Waals surface area (Å²) in [6.45, 7) is 4.03. The lowest BCUT2D eigenvalue weighted by Gasteiger charge is -2.40. The summed E-state index contributed by atoms with van der Waals surface area (Å²) in [6.07, 6.45) is 11.5. The molecule has 0 unspecified atom stereocenters. The molecular weight excluding hydrogens is 316 g/mol. The molecule has 4 nitrogen and oxygen atoms in total. The largest absolute Gasteiger partial charge is 0.345 e. The van der Waals surface area contributed by atoms with Crippen LogP contribution in [0.15, 0.2) is 0 Å². The normalized spacial score (nSPS) is 44.6. The van der Waals surface area contributed by atoms with E-state index >= 15 is 0 Å². The van der Waals surface area contributed by atoms with E-state index in [1.54, 1.807) is 0 Å². The van der Waals surface area contributed by atoms with Crippen LogP contribution in [0.3, 0.4) is 0 Å². The maximum absolute atomic E-state index is 12.3. The van der Waals surface area contributed by atoms with Gasteiger partial charge in [-0.1, -0.05) is 25.7 Å². The van der Waals surface area contributed by atoms with Gasteiger partial charge in [0, 0.05) is 25.7 Å². The van der Waals surface area contributed by atoms with E-state index in [9.17, 15) is 9.59 Å². The molecule has 25 heavy (non-hydrogen) atoms. The van der Waals surface area contributed by atoms with Crippen LogP contribution < -0.4 is 0 Å². The van der Waals surface area contributed by atoms with Crippen molar-refractivity contribution in [3.63, 3.8) is 0 Å². The summed E-state index contributed by atoms with van der Waals surface area (Å²) in [5, 5.41) is 0. The Kier molecular flexibility index (Phi) is 4.35. The quantitative estimate of drug-likeness (QED) is 0.653. The van der Waals surface area contributed by atoms with Gasteiger partial charge in [0.15, 0.2) is 5.79 Å². The van der Waals surface area contributed by atoms with E-state index < -0.39 is 5.79 Å². The third-order valence-electron chi connectivity index (χ3n) is 7.34. The lowest BCUT2D eigenvalue weighted by atomic mass is 9.63. The number of Topliss-reactive ketones (excluding diaryl/α,β-unsaturated/α-hetero) is 2. The Morgan fingerprint density at radius 1 is 0.720 bits per heavy atom. The first kappa shape index (κ1) is 17.7. The Hall–Kier alpha value is -0.740. The molecule has 0 N–H and O–H groups in total. The fourth-order valence-corrected chi connectivity index (χ4v) is 6.41. The highest BCUT2D eigenvalue weighted by atomic mass is 16.7. The monoisotopic (exact) mass is 348 g/mol. The van der Waals surface area contributed by atoms with E-state index in [2.05, 4.69) is 0 Å². The summed E-state index contributed by atoms with van der Waals surface area (Å²) in [7, 11) is 0. The van der Waals surface area contributed by atoms with Crippen LogP contribution in [0, 0.1) is 10.8 Å². The van der Waals surface area contributed by atoms with Crippen molar-refractivity contribution in [2.24, 2.45) is 10.8 Å². The van der Waals surface area contributed by atoms with Crippen LogP contribution in [-0.2, 0) is 19.1 Å². The Morgan fingerprint density at radius 3 is 1.52 bits per heavy atom. The Balaban J connectivity index is 1.52. The summed E-state index contributed by atoms with van der Waals surface area (Å²) in [5.41, 5.74) is -0.0435. The summed E-state index contributed by atoms with van der Waals surface area (Å²) in [6, 6.07) is 0. The van der Waals surface area contributed by atoms with Gasteiger partial charge in [0.2, 0.25) is 0 Å². The van der Waals surface area contributed by atoms with E-state index in [0.29, 0.717) is 37.2 Å². The Labute approximate surface area is 151 Å². The molecule has 140 valence electrons. The predicted octanol–water partition coefficient (Wildman–Crippen LogP) is 4.34. The number of ketones is 2. The average Bonchev–Trinajstić information content (AvgIpc) is 3.02. The fourth-order valence-electron chi connectivity index (χ4n) is 6.41. The van der Waals surface area contributed by atoms with E-state index in [0.717, 1.165) is 51.4 Å². The first-order valence-corrected chi connectivity index (χ1v) is 10.2. The van der Waals surface area contributed by atoms with Crippen molar-refractivity contribution >= 4 is 11.6 Å². The SMILES string of the molecule is CC1(C)O[C@H]2CCCCC34CC(=O)CC3(CCCC[C@H]2O1)CC(=O)C4. The Morgan fingerprint density at radius 2 is 1.12 bits per heavy atom. The number of hydrogen-bond donors (Lipinski definition) is 0. The molecule has 3 aliphatic carbocycles. The van der Waals surface area contributed by atoms with Gasteiger partial charge >= 0.3 is 0 Å². The molecule has 0 aromatic carbocycles. The second-order valence-corrected chi connectivity index (χ2v) is 9.55. The average molecular weight is 348 g/mol. The van der Waals surface area contributed by atoms with Crippen molar-refractivity contribution in [1.82, 2.24) is 0 Å². The van der Waals surface area contributed by atoms with Crippen LogP contribution in [0.25, 0.3) is 0 Å². The molecule has 4 heteroatoms. The minimum Gasteiger partial charge on any atom is -0.345 e. The van der Waals surface area contributed by atoms with Gasteiger partial charge in [0.25, 0.3) is 0 Å². The maximum atomic E-state index is 12.3. The van der Waals surface area contributed by atoms with Crippen molar-refractivity contribution in [1.29, 1.82) is 0 Å². The van der Waals surface area contributed by atoms with E-state index in [1.807, 2.05) is 13.8 Å². The molecule has 3 saturated carbocycles. The minimum atomic E-state index is -0.460. The van der Waals surface area contributed by atoms with Crippen LogP contribution in [0.4, 0.5) is 0 Å². The van der Waals surface area contributed by atoms with Crippen LogP contribution in [-0.4, -0.2) is 29.6 Å². The topological polar surface area (TPSA) is 52.6 Å². The third-order valence-corrected chi connectivity index (χ3v) is 7.34. The first-order chi connectivity index (χ1) is 11.8. The van der Waals surface area contributed by atoms with Crippen LogP contribution in [0.1, 0.15) is 90.9 Å². The van der Waals surface area contributed by atoms with Gasteiger partial charge in [-0.25, -0.2) is 0 Å². The highest BCUT2D eigenvalue weighted by molar-refractivity contribution is 5.91. The molecule has 1 heterocycles. The van der Waals surface area contributed by atoms with E-state index in [4.69, 9.17) is 9.47 Å². The first-order valence-electron chi connectivity index (χ1n) is 10.2. The van der Waals surface area contributed by atoms with Gasteiger partial charge in [-0.3, -0.25) is 9.59 Å². The van der Waals surface area contributed by atoms with Crippen molar-refractivity contribution < 1.29 is 19.1 Å². The summed E-state index contributed by atoms with van der Waals surface area (Å²) >= 11 is 0. The van der Waals surface area contributed by atoms with Crippen LogP contribution in [0.2, 0.25) is 0 Å². The lowest BCUT2D eigenvalue weighted by molar-refractivity contribution is -0.147. The standard InChI is InChI=1S/C21H32O4/c1-19(2)24-17-7-3-5-9-20-11-15(22)13-21(20,14-16(23)12-20)10-6-4-8-18(17)25-19/h17-18H,3-14H2,1-2H3/t17-,18+,20?,21?. The second-order valence-electron chi connectivity index (χ2n) is 9.55. The van der Waals surface area contributed by atoms with Gasteiger partial charge in [-0.15, -0.1) is 0 Å². The number of carbonyl (C=O) groups excluding carboxylic acids is 2. The van der Waals surface area contributed by atoms with Gasteiger partial charge in [-0.2, -0.15) is 0 Å². The van der Waals surface area contributed by atoms with Crippen molar-refractivity contribution in [3.05, 3.63) is 0 Å². The minimum absolute atomic E-state index is 0.0218. The van der Waals surface area contributed by atoms with E-state index in [1.165, 1.54) is 0 Å². The maximum Gasteiger partial charge on any atom is 0.163 e. The molecule has 0 radical (unpaired) electrons. The zero-order valence-electron chi connectivity index (χ0n) is 15.8. The van der Waals surface area contributed by atoms with Gasteiger partial charge in [0.1, 0.15) is 11.6 Å². The molecule has 4 aliphatic rings. The highest BCUT2D eigenvalue weighted by Gasteiger charge is 2.62. The molecule has 4 rings (SSSR count). The zero-order chi connectivity index (χ0) is 17.7. The molecule has 0 amide bonds. The Bertz CT molecular complexity index is 500. The zero-order valence-corrected chi connectivity index (χ0v) is 15.8. The predicted molar refractivity (Wildman–Crippen MR) is 94.1 cm³/mol. The smallest absolute Gasteiger partial charge is 0.163 e. The van der Waals surface area contributed by atoms with Gasteiger partial charge in [0.05, 0.1) is 12.2 Å². The summed E-state index contributed by atoms with van der Waals surface area (Å²) in [5.74, 6) is 0.332. The molecule has 0 aromatic rings. The molecule has 0 aromatic heterocycles. The van der Waals surface area contributed by atoms with Crippen molar-refractivity contribution in [3.8, 4) is 0 Å². The molecule has 0 spiro atoms. The number of rotatable bonds is 0. The lowest BCUT2D eigenvalue weighted by Crippen LogP contribution is -2.33. The molecule has 4 fully saturated rings. The molecule has 2 atom stereocenters. The van der Waals surface area contributed by atoms with Crippen molar-refractivity contribution in [2.45, 2.75) is 109 Å². The summed E-state index contributed by atoms with van der Waals surface area (Å²) < 4.78 is 12.3. The van der Waals surface area contributed by atoms with Crippen molar-refractivity contribution in [2.75, 3.05) is 0 Å².